The molecule has 0 aliphatic carbocycles. The number of carbonyl (C=O) groups excluding carboxylic acids is 1. The predicted molar refractivity (Wildman–Crippen MR) is 147 cm³/mol. The second-order valence-corrected chi connectivity index (χ2v) is 10.8. The number of anilines is 1. The summed E-state index contributed by atoms with van der Waals surface area (Å²) >= 11 is 5.95. The summed E-state index contributed by atoms with van der Waals surface area (Å²) in [7, 11) is -2.15. The van der Waals surface area contributed by atoms with Gasteiger partial charge >= 0.3 is 6.09 Å². The van der Waals surface area contributed by atoms with Crippen LogP contribution in [0.4, 0.5) is 10.6 Å². The Bertz CT molecular complexity index is 1430. The molecule has 0 fully saturated rings. The molecule has 1 atom stereocenters. The van der Waals surface area contributed by atoms with Crippen molar-refractivity contribution in [3.63, 3.8) is 0 Å². The van der Waals surface area contributed by atoms with Crippen LogP contribution in [0.1, 0.15) is 35.8 Å². The number of imidazole rings is 1. The number of amides is 1. The number of aromatic nitrogens is 2. The van der Waals surface area contributed by atoms with Gasteiger partial charge in [-0.25, -0.2) is 27.9 Å². The number of hydrogen-bond acceptors (Lipinski definition) is 9. The summed E-state index contributed by atoms with van der Waals surface area (Å²) in [5.74, 6) is 1.37. The first-order chi connectivity index (χ1) is 18.7. The summed E-state index contributed by atoms with van der Waals surface area (Å²) < 4.78 is 40.1. The molecule has 14 heteroatoms. The molecule has 0 bridgehead atoms. The average molecular weight is 576 g/mol. The van der Waals surface area contributed by atoms with Gasteiger partial charge in [-0.3, -0.25) is 0 Å². The number of rotatable bonds is 12. The maximum absolute atomic E-state index is 12.6. The minimum absolute atomic E-state index is 0.127. The van der Waals surface area contributed by atoms with Gasteiger partial charge in [0, 0.05) is 19.6 Å². The van der Waals surface area contributed by atoms with Crippen LogP contribution in [0.3, 0.4) is 0 Å². The number of nitrogens with one attached hydrogen (secondary N) is 3. The zero-order valence-corrected chi connectivity index (χ0v) is 22.8. The lowest BCUT2D eigenvalue weighted by atomic mass is 10.2. The largest absolute Gasteiger partial charge is 0.497 e. The third kappa shape index (κ3) is 7.69. The normalized spacial score (nSPS) is 14.6. The quantitative estimate of drug-likeness (QED) is 0.189. The maximum atomic E-state index is 12.6. The van der Waals surface area contributed by atoms with E-state index >= 15 is 0 Å². The van der Waals surface area contributed by atoms with Crippen LogP contribution in [0.5, 0.6) is 5.75 Å². The van der Waals surface area contributed by atoms with Crippen LogP contribution >= 0.6 is 11.6 Å². The van der Waals surface area contributed by atoms with Crippen molar-refractivity contribution in [3.05, 3.63) is 71.7 Å². The number of hydrogen-bond donors (Lipinski definition) is 4. The van der Waals surface area contributed by atoms with E-state index in [4.69, 9.17) is 26.8 Å². The van der Waals surface area contributed by atoms with Crippen molar-refractivity contribution in [2.75, 3.05) is 19.0 Å². The van der Waals surface area contributed by atoms with Crippen molar-refractivity contribution < 1.29 is 22.7 Å². The zero-order chi connectivity index (χ0) is 27.8. The standard InChI is InChI=1S/C25H30ClN7O5S/c1-37-19-6-4-5-18(13-19)15-30-39(35,36)20-9-7-17(8-10-20)14-28-25(34)38-12-3-2-11-33-16-29-21-22(27)31-24(26)32-23(21)33/h4-10,13,16,22,30H,2-3,11-12,14-15,27H2,1H3,(H,28,34)(H,31,32). The van der Waals surface area contributed by atoms with Gasteiger partial charge in [-0.05, 0) is 59.8 Å². The van der Waals surface area contributed by atoms with Crippen LogP contribution in [0, 0.1) is 0 Å². The Morgan fingerprint density at radius 2 is 1.95 bits per heavy atom. The molecule has 1 amide bonds. The Hall–Kier alpha value is -3.65. The molecular weight excluding hydrogens is 546 g/mol. The number of carbonyl (C=O) groups is 1. The highest BCUT2D eigenvalue weighted by molar-refractivity contribution is 7.89. The Kier molecular flexibility index (Phi) is 9.41. The van der Waals surface area contributed by atoms with E-state index in [1.807, 2.05) is 10.6 Å². The van der Waals surface area contributed by atoms with Crippen molar-refractivity contribution in [2.45, 2.75) is 43.5 Å². The first-order valence-electron chi connectivity index (χ1n) is 12.2. The second kappa shape index (κ2) is 12.9. The number of fused-ring (bicyclic) bond motifs is 1. The van der Waals surface area contributed by atoms with Gasteiger partial charge < -0.3 is 30.4 Å². The molecule has 1 aliphatic heterocycles. The van der Waals surface area contributed by atoms with Crippen molar-refractivity contribution in [1.29, 1.82) is 0 Å². The van der Waals surface area contributed by atoms with Gasteiger partial charge in [0.25, 0.3) is 0 Å². The number of nitrogens with two attached hydrogens (primary N) is 1. The van der Waals surface area contributed by atoms with Gasteiger partial charge in [-0.15, -0.1) is 0 Å². The topological polar surface area (TPSA) is 162 Å². The van der Waals surface area contributed by atoms with E-state index in [0.29, 0.717) is 30.2 Å². The second-order valence-electron chi connectivity index (χ2n) is 8.68. The van der Waals surface area contributed by atoms with Crippen LogP contribution < -0.4 is 25.8 Å². The van der Waals surface area contributed by atoms with Gasteiger partial charge in [0.15, 0.2) is 5.29 Å². The number of amidine groups is 1. The van der Waals surface area contributed by atoms with E-state index in [0.717, 1.165) is 17.5 Å². The van der Waals surface area contributed by atoms with Gasteiger partial charge in [-0.2, -0.15) is 0 Å². The molecule has 2 heterocycles. The van der Waals surface area contributed by atoms with E-state index in [-0.39, 0.29) is 29.9 Å². The van der Waals surface area contributed by atoms with Gasteiger partial charge in [0.1, 0.15) is 23.4 Å². The molecule has 208 valence electrons. The van der Waals surface area contributed by atoms with E-state index in [9.17, 15) is 13.2 Å². The fourth-order valence-corrected chi connectivity index (χ4v) is 5.05. The molecule has 0 saturated heterocycles. The summed E-state index contributed by atoms with van der Waals surface area (Å²) in [4.78, 5) is 20.5. The Balaban J connectivity index is 1.15. The van der Waals surface area contributed by atoms with Crippen LogP contribution in [0.2, 0.25) is 0 Å². The van der Waals surface area contributed by atoms with Gasteiger partial charge in [-0.1, -0.05) is 24.3 Å². The Morgan fingerprint density at radius 1 is 1.15 bits per heavy atom. The molecule has 0 spiro atoms. The van der Waals surface area contributed by atoms with E-state index in [1.54, 1.807) is 43.8 Å². The predicted octanol–water partition coefficient (Wildman–Crippen LogP) is 3.05. The molecule has 1 aromatic heterocycles. The number of alkyl carbamates (subject to hydrolysis) is 1. The zero-order valence-electron chi connectivity index (χ0n) is 21.3. The first-order valence-corrected chi connectivity index (χ1v) is 14.0. The highest BCUT2D eigenvalue weighted by Crippen LogP contribution is 2.26. The molecule has 0 radical (unpaired) electrons. The lowest BCUT2D eigenvalue weighted by Gasteiger charge is -2.17. The van der Waals surface area contributed by atoms with Crippen molar-refractivity contribution in [2.24, 2.45) is 10.7 Å². The summed E-state index contributed by atoms with van der Waals surface area (Å²) in [5, 5.41) is 5.84. The summed E-state index contributed by atoms with van der Waals surface area (Å²) in [5.41, 5.74) is 8.05. The molecule has 12 nitrogen and oxygen atoms in total. The highest BCUT2D eigenvalue weighted by atomic mass is 35.5. The van der Waals surface area contributed by atoms with Crippen molar-refractivity contribution in [1.82, 2.24) is 19.6 Å². The molecule has 3 aromatic rings. The molecular formula is C25H30ClN7O5S. The number of methoxy groups -OCH3 is 1. The Labute approximate surface area is 231 Å². The lowest BCUT2D eigenvalue weighted by molar-refractivity contribution is 0.143. The summed E-state index contributed by atoms with van der Waals surface area (Å²) in [6, 6.07) is 13.4. The fraction of sp³-hybridized carbons (Fsp3) is 0.320. The minimum atomic E-state index is -3.70. The smallest absolute Gasteiger partial charge is 0.407 e. The van der Waals surface area contributed by atoms with Crippen LogP contribution in [-0.2, 0) is 34.4 Å². The molecule has 4 rings (SSSR count). The fourth-order valence-electron chi connectivity index (χ4n) is 3.84. The van der Waals surface area contributed by atoms with Crippen LogP contribution in [-0.4, -0.2) is 43.1 Å². The van der Waals surface area contributed by atoms with Crippen molar-refractivity contribution >= 4 is 38.8 Å². The number of halogens is 1. The third-order valence-corrected chi connectivity index (χ3v) is 7.53. The van der Waals surface area contributed by atoms with Crippen LogP contribution in [0.15, 0.2) is 64.7 Å². The average Bonchev–Trinajstić information content (AvgIpc) is 3.34. The molecule has 39 heavy (non-hydrogen) atoms. The maximum Gasteiger partial charge on any atom is 0.407 e. The number of nitrogens with zero attached hydrogens (tertiary/aromatic N) is 3. The van der Waals surface area contributed by atoms with Gasteiger partial charge in [0.05, 0.1) is 24.9 Å². The SMILES string of the molecule is COc1cccc(CNS(=O)(=O)c2ccc(CNC(=O)OCCCCn3cnc4c3NC(Cl)=NC4N)cc2)c1. The number of sulfonamides is 1. The summed E-state index contributed by atoms with van der Waals surface area (Å²) in [6.07, 6.45) is 1.91. The number of aliphatic imine (C=N–C) groups is 1. The van der Waals surface area contributed by atoms with E-state index < -0.39 is 22.3 Å². The number of benzene rings is 2. The molecule has 0 saturated carbocycles. The van der Waals surface area contributed by atoms with E-state index in [1.165, 1.54) is 12.1 Å². The summed E-state index contributed by atoms with van der Waals surface area (Å²) in [6.45, 7) is 1.22. The van der Waals surface area contributed by atoms with Crippen LogP contribution in [0.25, 0.3) is 0 Å². The number of unbranched alkanes of at least 4 members (excludes halogenated alkanes) is 1. The molecule has 1 aliphatic rings. The lowest BCUT2D eigenvalue weighted by Crippen LogP contribution is -2.25. The van der Waals surface area contributed by atoms with E-state index in [2.05, 4.69) is 25.3 Å². The van der Waals surface area contributed by atoms with Crippen molar-refractivity contribution in [3.8, 4) is 5.75 Å². The highest BCUT2D eigenvalue weighted by Gasteiger charge is 2.22. The molecule has 1 unspecified atom stereocenters. The number of ether oxygens (including phenoxy) is 2. The van der Waals surface area contributed by atoms with Gasteiger partial charge in [0.2, 0.25) is 10.0 Å². The molecule has 2 aromatic carbocycles. The Morgan fingerprint density at radius 3 is 2.72 bits per heavy atom. The minimum Gasteiger partial charge on any atom is -0.497 e. The number of aryl methyl sites for hydroxylation is 1. The monoisotopic (exact) mass is 575 g/mol. The first kappa shape index (κ1) is 28.4. The molecule has 5 N–H and O–H groups in total. The third-order valence-electron chi connectivity index (χ3n) is 5.92.